The first-order valence-corrected chi connectivity index (χ1v) is 10.6. The number of amides is 1. The molecule has 0 saturated carbocycles. The lowest BCUT2D eigenvalue weighted by molar-refractivity contribution is -0.115. The van der Waals surface area contributed by atoms with Gasteiger partial charge in [-0.1, -0.05) is 54.6 Å². The summed E-state index contributed by atoms with van der Waals surface area (Å²) in [5.41, 5.74) is 6.68. The van der Waals surface area contributed by atoms with Crippen molar-refractivity contribution in [2.75, 3.05) is 43.4 Å². The van der Waals surface area contributed by atoms with Crippen LogP contribution in [0.2, 0.25) is 0 Å². The molecule has 4 nitrogen and oxygen atoms in total. The smallest absolute Gasteiger partial charge is 0.228 e. The summed E-state index contributed by atoms with van der Waals surface area (Å²) >= 11 is 0. The Kier molecular flexibility index (Phi) is 6.15. The monoisotopic (exact) mass is 399 g/mol. The van der Waals surface area contributed by atoms with Crippen LogP contribution in [-0.4, -0.2) is 44.0 Å². The summed E-state index contributed by atoms with van der Waals surface area (Å²) in [6, 6.07) is 24.7. The number of likely N-dealkylation sites (N-methyl/N-ethyl adjacent to an activating group) is 1. The van der Waals surface area contributed by atoms with E-state index in [0.29, 0.717) is 6.42 Å². The molecule has 154 valence electrons. The Morgan fingerprint density at radius 3 is 2.20 bits per heavy atom. The van der Waals surface area contributed by atoms with Gasteiger partial charge in [-0.25, -0.2) is 0 Å². The van der Waals surface area contributed by atoms with Crippen molar-refractivity contribution >= 4 is 17.3 Å². The molecule has 1 aliphatic rings. The minimum Gasteiger partial charge on any atom is -0.369 e. The third kappa shape index (κ3) is 4.89. The van der Waals surface area contributed by atoms with Gasteiger partial charge in [0.15, 0.2) is 0 Å². The van der Waals surface area contributed by atoms with Crippen LogP contribution in [0.5, 0.6) is 0 Å². The Hall–Kier alpha value is -3.11. The fourth-order valence-corrected chi connectivity index (χ4v) is 3.97. The van der Waals surface area contributed by atoms with Gasteiger partial charge in [0.2, 0.25) is 5.91 Å². The Morgan fingerprint density at radius 2 is 1.53 bits per heavy atom. The molecule has 0 aliphatic carbocycles. The zero-order valence-electron chi connectivity index (χ0n) is 17.8. The lowest BCUT2D eigenvalue weighted by Crippen LogP contribution is -2.44. The SMILES string of the molecule is Cc1cc(NC(=O)Cc2ccc(-c3ccccc3)cc2)ccc1N1CCN(C)CC1. The molecule has 3 aromatic rings. The van der Waals surface area contributed by atoms with Crippen LogP contribution in [0.15, 0.2) is 72.8 Å². The molecule has 4 heteroatoms. The highest BCUT2D eigenvalue weighted by Gasteiger charge is 2.16. The lowest BCUT2D eigenvalue weighted by Gasteiger charge is -2.35. The number of piperazine rings is 1. The molecule has 0 atom stereocenters. The van der Waals surface area contributed by atoms with Gasteiger partial charge in [-0.3, -0.25) is 4.79 Å². The molecule has 0 bridgehead atoms. The first kappa shape index (κ1) is 20.2. The topological polar surface area (TPSA) is 35.6 Å². The number of benzene rings is 3. The number of rotatable bonds is 5. The highest BCUT2D eigenvalue weighted by molar-refractivity contribution is 5.92. The van der Waals surface area contributed by atoms with Crippen LogP contribution in [0.25, 0.3) is 11.1 Å². The van der Waals surface area contributed by atoms with E-state index in [2.05, 4.69) is 65.5 Å². The molecule has 0 aromatic heterocycles. The minimum atomic E-state index is 0.00853. The number of anilines is 2. The zero-order chi connectivity index (χ0) is 20.9. The zero-order valence-corrected chi connectivity index (χ0v) is 17.8. The second-order valence-electron chi connectivity index (χ2n) is 8.08. The largest absolute Gasteiger partial charge is 0.369 e. The average molecular weight is 400 g/mol. The maximum absolute atomic E-state index is 12.5. The fourth-order valence-electron chi connectivity index (χ4n) is 3.97. The van der Waals surface area contributed by atoms with E-state index >= 15 is 0 Å². The molecule has 1 amide bonds. The molecule has 1 fully saturated rings. The first-order chi connectivity index (χ1) is 14.6. The predicted molar refractivity (Wildman–Crippen MR) is 125 cm³/mol. The maximum atomic E-state index is 12.5. The second kappa shape index (κ2) is 9.14. The van der Waals surface area contributed by atoms with Crippen molar-refractivity contribution in [3.63, 3.8) is 0 Å². The van der Waals surface area contributed by atoms with Crippen molar-refractivity contribution in [3.05, 3.63) is 83.9 Å². The van der Waals surface area contributed by atoms with Crippen LogP contribution in [0.3, 0.4) is 0 Å². The van der Waals surface area contributed by atoms with Crippen molar-refractivity contribution in [2.45, 2.75) is 13.3 Å². The molecule has 0 radical (unpaired) electrons. The van der Waals surface area contributed by atoms with Crippen LogP contribution < -0.4 is 10.2 Å². The number of hydrogen-bond acceptors (Lipinski definition) is 3. The van der Waals surface area contributed by atoms with Crippen molar-refractivity contribution in [2.24, 2.45) is 0 Å². The van der Waals surface area contributed by atoms with Gasteiger partial charge in [-0.05, 0) is 54.4 Å². The Morgan fingerprint density at radius 1 is 0.867 bits per heavy atom. The summed E-state index contributed by atoms with van der Waals surface area (Å²) in [6.07, 6.45) is 0.369. The second-order valence-corrected chi connectivity index (χ2v) is 8.08. The van der Waals surface area contributed by atoms with E-state index in [9.17, 15) is 4.79 Å². The van der Waals surface area contributed by atoms with Crippen molar-refractivity contribution in [1.29, 1.82) is 0 Å². The van der Waals surface area contributed by atoms with Crippen molar-refractivity contribution in [1.82, 2.24) is 4.90 Å². The number of aryl methyl sites for hydroxylation is 1. The van der Waals surface area contributed by atoms with E-state index in [4.69, 9.17) is 0 Å². The molecule has 30 heavy (non-hydrogen) atoms. The van der Waals surface area contributed by atoms with Crippen LogP contribution in [0.4, 0.5) is 11.4 Å². The number of hydrogen-bond donors (Lipinski definition) is 1. The van der Waals surface area contributed by atoms with Gasteiger partial charge in [0, 0.05) is 37.6 Å². The van der Waals surface area contributed by atoms with Gasteiger partial charge in [0.05, 0.1) is 6.42 Å². The van der Waals surface area contributed by atoms with E-state index < -0.39 is 0 Å². The van der Waals surface area contributed by atoms with Gasteiger partial charge in [0.25, 0.3) is 0 Å². The predicted octanol–water partition coefficient (Wildman–Crippen LogP) is 4.60. The highest BCUT2D eigenvalue weighted by Crippen LogP contribution is 2.25. The third-order valence-corrected chi connectivity index (χ3v) is 5.75. The summed E-state index contributed by atoms with van der Waals surface area (Å²) in [5.74, 6) is 0.00853. The van der Waals surface area contributed by atoms with Crippen LogP contribution in [-0.2, 0) is 11.2 Å². The van der Waals surface area contributed by atoms with E-state index in [-0.39, 0.29) is 5.91 Å². The quantitative estimate of drug-likeness (QED) is 0.681. The minimum absolute atomic E-state index is 0.00853. The number of nitrogens with zero attached hydrogens (tertiary/aromatic N) is 2. The fraction of sp³-hybridized carbons (Fsp3) is 0.269. The summed E-state index contributed by atoms with van der Waals surface area (Å²) in [7, 11) is 2.16. The standard InChI is InChI=1S/C26H29N3O/c1-20-18-24(12-13-25(20)29-16-14-28(2)15-17-29)27-26(30)19-21-8-10-23(11-9-21)22-6-4-3-5-7-22/h3-13,18H,14-17,19H2,1-2H3,(H,27,30). The van der Waals surface area contributed by atoms with Gasteiger partial charge in [0.1, 0.15) is 0 Å². The molecular formula is C26H29N3O. The molecule has 1 aliphatic heterocycles. The first-order valence-electron chi connectivity index (χ1n) is 10.6. The molecule has 0 unspecified atom stereocenters. The Labute approximate surface area is 179 Å². The van der Waals surface area contributed by atoms with E-state index in [1.54, 1.807) is 0 Å². The molecule has 1 N–H and O–H groups in total. The summed E-state index contributed by atoms with van der Waals surface area (Å²) in [6.45, 7) is 6.37. The van der Waals surface area contributed by atoms with E-state index in [1.165, 1.54) is 16.8 Å². The summed E-state index contributed by atoms with van der Waals surface area (Å²) < 4.78 is 0. The van der Waals surface area contributed by atoms with E-state index in [0.717, 1.165) is 43.0 Å². The van der Waals surface area contributed by atoms with Crippen molar-refractivity contribution in [3.8, 4) is 11.1 Å². The average Bonchev–Trinajstić information content (AvgIpc) is 2.76. The number of nitrogens with one attached hydrogen (secondary N) is 1. The molecule has 3 aromatic carbocycles. The Balaban J connectivity index is 1.36. The molecule has 1 saturated heterocycles. The highest BCUT2D eigenvalue weighted by atomic mass is 16.1. The maximum Gasteiger partial charge on any atom is 0.228 e. The number of carbonyl (C=O) groups is 1. The summed E-state index contributed by atoms with van der Waals surface area (Å²) in [5, 5.41) is 3.05. The normalized spacial score (nSPS) is 14.5. The van der Waals surface area contributed by atoms with E-state index in [1.807, 2.05) is 36.4 Å². The van der Waals surface area contributed by atoms with Gasteiger partial charge >= 0.3 is 0 Å². The van der Waals surface area contributed by atoms with Gasteiger partial charge < -0.3 is 15.1 Å². The molecule has 4 rings (SSSR count). The third-order valence-electron chi connectivity index (χ3n) is 5.75. The van der Waals surface area contributed by atoms with Crippen LogP contribution >= 0.6 is 0 Å². The van der Waals surface area contributed by atoms with Crippen LogP contribution in [0, 0.1) is 6.92 Å². The van der Waals surface area contributed by atoms with Crippen molar-refractivity contribution < 1.29 is 4.79 Å². The summed E-state index contributed by atoms with van der Waals surface area (Å²) in [4.78, 5) is 17.3. The Bertz CT molecular complexity index is 991. The molecular weight excluding hydrogens is 370 g/mol. The molecule has 0 spiro atoms. The van der Waals surface area contributed by atoms with Crippen LogP contribution in [0.1, 0.15) is 11.1 Å². The molecule has 1 heterocycles. The number of carbonyl (C=O) groups excluding carboxylic acids is 1. The van der Waals surface area contributed by atoms with Gasteiger partial charge in [-0.2, -0.15) is 0 Å². The lowest BCUT2D eigenvalue weighted by atomic mass is 10.0. The van der Waals surface area contributed by atoms with Gasteiger partial charge in [-0.15, -0.1) is 0 Å².